The van der Waals surface area contributed by atoms with Crippen molar-refractivity contribution < 1.29 is 14.6 Å². The van der Waals surface area contributed by atoms with Crippen LogP contribution in [0.2, 0.25) is 0 Å². The largest absolute Gasteiger partial charge is 0.477 e. The van der Waals surface area contributed by atoms with E-state index in [-0.39, 0.29) is 11.5 Å². The van der Waals surface area contributed by atoms with Crippen molar-refractivity contribution in [2.24, 2.45) is 0 Å². The maximum absolute atomic E-state index is 12.5. The Bertz CT molecular complexity index is 726. The minimum Gasteiger partial charge on any atom is -0.477 e. The van der Waals surface area contributed by atoms with E-state index in [4.69, 9.17) is 17.0 Å². The smallest absolute Gasteiger partial charge is 0.253 e. The van der Waals surface area contributed by atoms with Gasteiger partial charge in [0.1, 0.15) is 5.60 Å². The maximum Gasteiger partial charge on any atom is 0.253 e. The lowest BCUT2D eigenvalue weighted by Crippen LogP contribution is -2.57. The molecular weight excluding hydrogens is 334 g/mol. The third kappa shape index (κ3) is 5.66. The molecule has 25 heavy (non-hydrogen) atoms. The van der Waals surface area contributed by atoms with Crippen molar-refractivity contribution in [3.63, 3.8) is 0 Å². The highest BCUT2D eigenvalue weighted by molar-refractivity contribution is 7.80. The Morgan fingerprint density at radius 2 is 1.56 bits per heavy atom. The van der Waals surface area contributed by atoms with E-state index in [0.717, 1.165) is 5.56 Å². The topological polar surface area (TPSA) is 58.6 Å². The van der Waals surface area contributed by atoms with E-state index in [2.05, 4.69) is 5.32 Å². The Labute approximate surface area is 153 Å². The number of ether oxygens (including phenoxy) is 1. The summed E-state index contributed by atoms with van der Waals surface area (Å²) in [6.07, 6.45) is 0.112. The van der Waals surface area contributed by atoms with Gasteiger partial charge in [-0.1, -0.05) is 48.5 Å². The van der Waals surface area contributed by atoms with Gasteiger partial charge in [0, 0.05) is 12.0 Å². The fourth-order valence-electron chi connectivity index (χ4n) is 2.27. The van der Waals surface area contributed by atoms with Gasteiger partial charge < -0.3 is 15.2 Å². The van der Waals surface area contributed by atoms with Crippen molar-refractivity contribution in [1.82, 2.24) is 5.32 Å². The predicted molar refractivity (Wildman–Crippen MR) is 102 cm³/mol. The van der Waals surface area contributed by atoms with Gasteiger partial charge in [0.25, 0.3) is 5.91 Å². The molecule has 0 radical (unpaired) electrons. The summed E-state index contributed by atoms with van der Waals surface area (Å²) in [5.41, 5.74) is -1.11. The van der Waals surface area contributed by atoms with E-state index < -0.39 is 17.2 Å². The average molecular weight is 357 g/mol. The first-order valence-corrected chi connectivity index (χ1v) is 8.48. The van der Waals surface area contributed by atoms with Crippen molar-refractivity contribution >= 4 is 23.2 Å². The van der Waals surface area contributed by atoms with Crippen LogP contribution in [0.1, 0.15) is 36.7 Å². The maximum atomic E-state index is 12.5. The molecule has 5 heteroatoms. The Morgan fingerprint density at radius 1 is 1.04 bits per heavy atom. The van der Waals surface area contributed by atoms with Crippen molar-refractivity contribution in [2.75, 3.05) is 0 Å². The lowest BCUT2D eigenvalue weighted by molar-refractivity contribution is 0.0202. The van der Waals surface area contributed by atoms with Crippen LogP contribution in [-0.4, -0.2) is 27.4 Å². The van der Waals surface area contributed by atoms with Crippen molar-refractivity contribution in [1.29, 1.82) is 0 Å². The first-order chi connectivity index (χ1) is 11.7. The molecule has 2 aromatic carbocycles. The standard InChI is InChI=1S/C20H23NO3S/c1-19(2,3)24-18(25)20(23,14-15-10-6-4-7-11-15)21-17(22)16-12-8-5-9-13-16/h4-13,23H,14H2,1-3H3,(H,21,22)/t20-/m1/s1. The first kappa shape index (κ1) is 19.1. The summed E-state index contributed by atoms with van der Waals surface area (Å²) in [4.78, 5) is 12.5. The van der Waals surface area contributed by atoms with Crippen LogP contribution >= 0.6 is 12.2 Å². The van der Waals surface area contributed by atoms with Crippen LogP contribution < -0.4 is 5.32 Å². The van der Waals surface area contributed by atoms with Crippen LogP contribution in [0.4, 0.5) is 0 Å². The molecule has 0 fully saturated rings. The Hall–Kier alpha value is -2.24. The SMILES string of the molecule is CC(C)(C)OC(=S)[C@](O)(Cc1ccccc1)NC(=O)c1ccccc1. The molecule has 132 valence electrons. The normalized spacial score (nSPS) is 13.6. The van der Waals surface area contributed by atoms with Gasteiger partial charge in [0.2, 0.25) is 10.8 Å². The fourth-order valence-corrected chi connectivity index (χ4v) is 2.64. The number of carbonyl (C=O) groups excluding carboxylic acids is 1. The molecule has 0 aliphatic carbocycles. The van der Waals surface area contributed by atoms with Gasteiger partial charge in [0.05, 0.1) is 0 Å². The second-order valence-corrected chi connectivity index (χ2v) is 7.22. The molecule has 0 saturated carbocycles. The van der Waals surface area contributed by atoms with Gasteiger partial charge in [-0.15, -0.1) is 0 Å². The Balaban J connectivity index is 2.27. The molecule has 1 atom stereocenters. The molecule has 0 aliphatic rings. The van der Waals surface area contributed by atoms with E-state index in [1.54, 1.807) is 24.3 Å². The van der Waals surface area contributed by atoms with Crippen LogP contribution in [0, 0.1) is 0 Å². The van der Waals surface area contributed by atoms with Crippen molar-refractivity contribution in [2.45, 2.75) is 38.5 Å². The quantitative estimate of drug-likeness (QED) is 0.635. The minimum atomic E-state index is -1.79. The molecule has 0 aliphatic heterocycles. The first-order valence-electron chi connectivity index (χ1n) is 8.07. The zero-order valence-electron chi connectivity index (χ0n) is 14.7. The zero-order chi connectivity index (χ0) is 18.5. The summed E-state index contributed by atoms with van der Waals surface area (Å²) in [6.45, 7) is 5.50. The average Bonchev–Trinajstić information content (AvgIpc) is 2.55. The van der Waals surface area contributed by atoms with Gasteiger partial charge in [0.15, 0.2) is 0 Å². The van der Waals surface area contributed by atoms with E-state index in [1.165, 1.54) is 0 Å². The predicted octanol–water partition coefficient (Wildman–Crippen LogP) is 3.49. The second-order valence-electron chi connectivity index (χ2n) is 6.84. The molecule has 0 spiro atoms. The number of nitrogens with one attached hydrogen (secondary N) is 1. The number of amides is 1. The number of carbonyl (C=O) groups is 1. The highest BCUT2D eigenvalue weighted by Gasteiger charge is 2.38. The van der Waals surface area contributed by atoms with Crippen LogP contribution in [-0.2, 0) is 11.2 Å². The van der Waals surface area contributed by atoms with Crippen molar-refractivity contribution in [3.8, 4) is 0 Å². The third-order valence-corrected chi connectivity index (χ3v) is 3.82. The second kappa shape index (κ2) is 7.76. The van der Waals surface area contributed by atoms with Crippen LogP contribution in [0.5, 0.6) is 0 Å². The molecular formula is C20H23NO3S. The van der Waals surface area contributed by atoms with E-state index >= 15 is 0 Å². The molecule has 4 nitrogen and oxygen atoms in total. The molecule has 2 rings (SSSR count). The number of rotatable bonds is 5. The molecule has 2 aromatic rings. The number of hydrogen-bond acceptors (Lipinski definition) is 4. The fraction of sp³-hybridized carbons (Fsp3) is 0.300. The number of benzene rings is 2. The Morgan fingerprint density at radius 3 is 2.08 bits per heavy atom. The van der Waals surface area contributed by atoms with Gasteiger partial charge in [-0.2, -0.15) is 0 Å². The lowest BCUT2D eigenvalue weighted by atomic mass is 10.0. The minimum absolute atomic E-state index is 0.0619. The van der Waals surface area contributed by atoms with Gasteiger partial charge in [-0.25, -0.2) is 0 Å². The third-order valence-electron chi connectivity index (χ3n) is 3.40. The van der Waals surface area contributed by atoms with Gasteiger partial charge in [-0.05, 0) is 50.7 Å². The van der Waals surface area contributed by atoms with Crippen LogP contribution in [0.25, 0.3) is 0 Å². The van der Waals surface area contributed by atoms with Gasteiger partial charge in [-0.3, -0.25) is 4.79 Å². The molecule has 0 unspecified atom stereocenters. The Kier molecular flexibility index (Phi) is 5.93. The van der Waals surface area contributed by atoms with Crippen LogP contribution in [0.15, 0.2) is 60.7 Å². The molecule has 0 bridgehead atoms. The van der Waals surface area contributed by atoms with Crippen LogP contribution in [0.3, 0.4) is 0 Å². The number of aliphatic hydroxyl groups is 1. The van der Waals surface area contributed by atoms with E-state index in [1.807, 2.05) is 57.2 Å². The van der Waals surface area contributed by atoms with Gasteiger partial charge >= 0.3 is 0 Å². The highest BCUT2D eigenvalue weighted by atomic mass is 32.1. The van der Waals surface area contributed by atoms with E-state index in [0.29, 0.717) is 5.56 Å². The molecule has 0 aromatic heterocycles. The lowest BCUT2D eigenvalue weighted by Gasteiger charge is -2.33. The monoisotopic (exact) mass is 357 g/mol. The summed E-state index contributed by atoms with van der Waals surface area (Å²) in [5, 5.41) is 13.7. The van der Waals surface area contributed by atoms with E-state index in [9.17, 15) is 9.90 Å². The summed E-state index contributed by atoms with van der Waals surface area (Å²) in [6, 6.07) is 18.0. The summed E-state index contributed by atoms with van der Waals surface area (Å²) < 4.78 is 5.68. The zero-order valence-corrected chi connectivity index (χ0v) is 15.5. The highest BCUT2D eigenvalue weighted by Crippen LogP contribution is 2.19. The molecule has 2 N–H and O–H groups in total. The molecule has 1 amide bonds. The number of thiocarbonyl (C=S) groups is 1. The summed E-state index contributed by atoms with van der Waals surface area (Å²) in [5.74, 6) is -0.418. The molecule has 0 saturated heterocycles. The molecule has 0 heterocycles. The summed E-state index contributed by atoms with van der Waals surface area (Å²) in [7, 11) is 0. The summed E-state index contributed by atoms with van der Waals surface area (Å²) >= 11 is 5.32. The number of hydrogen-bond donors (Lipinski definition) is 2. The van der Waals surface area contributed by atoms with Crippen molar-refractivity contribution in [3.05, 3.63) is 71.8 Å².